The maximum Gasteiger partial charge on any atom is 0.337 e. The summed E-state index contributed by atoms with van der Waals surface area (Å²) in [6.07, 6.45) is 0.921. The molecule has 0 saturated heterocycles. The van der Waals surface area contributed by atoms with Crippen LogP contribution in [0, 0.1) is 5.41 Å². The van der Waals surface area contributed by atoms with E-state index in [0.717, 1.165) is 6.42 Å². The fourth-order valence-electron chi connectivity index (χ4n) is 1.42. The monoisotopic (exact) mass is 298 g/mol. The van der Waals surface area contributed by atoms with Gasteiger partial charge in [-0.1, -0.05) is 32.4 Å². The predicted octanol–water partition coefficient (Wildman–Crippen LogP) is 3.60. The molecular weight excluding hydrogens is 280 g/mol. The van der Waals surface area contributed by atoms with Gasteiger partial charge in [-0.3, -0.25) is 0 Å². The van der Waals surface area contributed by atoms with Crippen LogP contribution in [0.2, 0.25) is 5.02 Å². The van der Waals surface area contributed by atoms with Crippen LogP contribution in [0.25, 0.3) is 0 Å². The number of carboxylic acids is 1. The molecule has 0 spiro atoms. The van der Waals surface area contributed by atoms with Gasteiger partial charge in [0.05, 0.1) is 11.3 Å². The van der Waals surface area contributed by atoms with Crippen molar-refractivity contribution in [3.63, 3.8) is 0 Å². The van der Waals surface area contributed by atoms with E-state index in [9.17, 15) is 9.59 Å². The van der Waals surface area contributed by atoms with Crippen molar-refractivity contribution in [1.82, 2.24) is 5.32 Å². The topological polar surface area (TPSA) is 78.4 Å². The minimum Gasteiger partial charge on any atom is -0.478 e. The molecule has 0 bridgehead atoms. The highest BCUT2D eigenvalue weighted by atomic mass is 35.5. The molecule has 20 heavy (non-hydrogen) atoms. The highest BCUT2D eigenvalue weighted by Crippen LogP contribution is 2.21. The van der Waals surface area contributed by atoms with Crippen LogP contribution in [0.5, 0.6) is 0 Å². The van der Waals surface area contributed by atoms with E-state index in [1.165, 1.54) is 18.2 Å². The van der Waals surface area contributed by atoms with Crippen LogP contribution in [0.1, 0.15) is 37.6 Å². The van der Waals surface area contributed by atoms with Gasteiger partial charge in [-0.15, -0.1) is 0 Å². The molecule has 0 unspecified atom stereocenters. The minimum absolute atomic E-state index is 0.000647. The zero-order chi connectivity index (χ0) is 15.3. The summed E-state index contributed by atoms with van der Waals surface area (Å²) in [6.45, 7) is 6.61. The van der Waals surface area contributed by atoms with Gasteiger partial charge in [-0.05, 0) is 30.0 Å². The Labute approximate surface area is 123 Å². The Kier molecular flexibility index (Phi) is 5.39. The van der Waals surface area contributed by atoms with E-state index < -0.39 is 12.0 Å². The lowest BCUT2D eigenvalue weighted by molar-refractivity contribution is 0.0698. The van der Waals surface area contributed by atoms with Crippen molar-refractivity contribution < 1.29 is 14.7 Å². The van der Waals surface area contributed by atoms with Gasteiger partial charge in [-0.2, -0.15) is 0 Å². The largest absolute Gasteiger partial charge is 0.478 e. The number of amides is 2. The van der Waals surface area contributed by atoms with Crippen LogP contribution in [-0.4, -0.2) is 23.7 Å². The second kappa shape index (κ2) is 6.61. The summed E-state index contributed by atoms with van der Waals surface area (Å²) in [5.41, 5.74) is 0.164. The number of rotatable bonds is 5. The van der Waals surface area contributed by atoms with E-state index >= 15 is 0 Å². The van der Waals surface area contributed by atoms with Gasteiger partial charge in [0.25, 0.3) is 0 Å². The van der Waals surface area contributed by atoms with Crippen LogP contribution >= 0.6 is 11.6 Å². The summed E-state index contributed by atoms with van der Waals surface area (Å²) in [5, 5.41) is 14.6. The molecule has 0 aliphatic carbocycles. The van der Waals surface area contributed by atoms with E-state index in [-0.39, 0.29) is 16.7 Å². The van der Waals surface area contributed by atoms with Crippen LogP contribution in [0.3, 0.4) is 0 Å². The van der Waals surface area contributed by atoms with Crippen molar-refractivity contribution >= 4 is 29.3 Å². The highest BCUT2D eigenvalue weighted by molar-refractivity contribution is 6.31. The number of anilines is 1. The summed E-state index contributed by atoms with van der Waals surface area (Å²) in [7, 11) is 0. The fraction of sp³-hybridized carbons (Fsp3) is 0.429. The average molecular weight is 299 g/mol. The van der Waals surface area contributed by atoms with E-state index in [1.807, 2.05) is 20.8 Å². The highest BCUT2D eigenvalue weighted by Gasteiger charge is 2.17. The number of carboxylic acid groups (broad SMARTS) is 1. The second-order valence-electron chi connectivity index (χ2n) is 5.32. The SMILES string of the molecule is CCC(C)(C)CNC(=O)Nc1cc(Cl)ccc1C(=O)O. The molecule has 0 atom stereocenters. The molecule has 3 N–H and O–H groups in total. The summed E-state index contributed by atoms with van der Waals surface area (Å²) in [6, 6.07) is 3.79. The molecule has 0 radical (unpaired) electrons. The van der Waals surface area contributed by atoms with Crippen molar-refractivity contribution in [3.05, 3.63) is 28.8 Å². The van der Waals surface area contributed by atoms with Crippen LogP contribution in [-0.2, 0) is 0 Å². The molecule has 1 aromatic rings. The Hall–Kier alpha value is -1.75. The van der Waals surface area contributed by atoms with Gasteiger partial charge >= 0.3 is 12.0 Å². The summed E-state index contributed by atoms with van der Waals surface area (Å²) in [5.74, 6) is -1.12. The van der Waals surface area contributed by atoms with E-state index in [2.05, 4.69) is 10.6 Å². The molecule has 2 amide bonds. The summed E-state index contributed by atoms with van der Waals surface area (Å²) in [4.78, 5) is 22.9. The summed E-state index contributed by atoms with van der Waals surface area (Å²) < 4.78 is 0. The zero-order valence-corrected chi connectivity index (χ0v) is 12.5. The molecule has 6 heteroatoms. The van der Waals surface area contributed by atoms with Crippen molar-refractivity contribution in [2.45, 2.75) is 27.2 Å². The lowest BCUT2D eigenvalue weighted by Gasteiger charge is -2.23. The molecule has 1 aromatic carbocycles. The van der Waals surface area contributed by atoms with Crippen molar-refractivity contribution in [3.8, 4) is 0 Å². The number of carbonyl (C=O) groups excluding carboxylic acids is 1. The Balaban J connectivity index is 2.75. The average Bonchev–Trinajstić information content (AvgIpc) is 2.36. The number of nitrogens with one attached hydrogen (secondary N) is 2. The van der Waals surface area contributed by atoms with Crippen LogP contribution in [0.15, 0.2) is 18.2 Å². The van der Waals surface area contributed by atoms with Gasteiger partial charge in [0.15, 0.2) is 0 Å². The summed E-state index contributed by atoms with van der Waals surface area (Å²) >= 11 is 5.81. The van der Waals surface area contributed by atoms with E-state index in [1.54, 1.807) is 0 Å². The number of aromatic carboxylic acids is 1. The van der Waals surface area contributed by atoms with Gasteiger partial charge in [0, 0.05) is 11.6 Å². The second-order valence-corrected chi connectivity index (χ2v) is 5.76. The predicted molar refractivity (Wildman–Crippen MR) is 79.5 cm³/mol. The maximum absolute atomic E-state index is 11.8. The first-order valence-corrected chi connectivity index (χ1v) is 6.70. The molecule has 0 fully saturated rings. The van der Waals surface area contributed by atoms with Crippen molar-refractivity contribution in [1.29, 1.82) is 0 Å². The molecule has 110 valence electrons. The Morgan fingerprint density at radius 1 is 1.35 bits per heavy atom. The van der Waals surface area contributed by atoms with Gasteiger partial charge in [0.1, 0.15) is 0 Å². The molecule has 0 aliphatic rings. The number of urea groups is 1. The first-order chi connectivity index (χ1) is 9.25. The Morgan fingerprint density at radius 2 is 2.00 bits per heavy atom. The number of hydrogen-bond donors (Lipinski definition) is 3. The quantitative estimate of drug-likeness (QED) is 0.777. The van der Waals surface area contributed by atoms with Gasteiger partial charge in [-0.25, -0.2) is 9.59 Å². The molecule has 5 nitrogen and oxygen atoms in total. The first-order valence-electron chi connectivity index (χ1n) is 6.33. The van der Waals surface area contributed by atoms with Crippen molar-refractivity contribution in [2.75, 3.05) is 11.9 Å². The van der Waals surface area contributed by atoms with E-state index in [4.69, 9.17) is 16.7 Å². The normalized spacial score (nSPS) is 11.0. The molecule has 0 aromatic heterocycles. The molecule has 0 heterocycles. The maximum atomic E-state index is 11.8. The first kappa shape index (κ1) is 16.3. The number of benzene rings is 1. The lowest BCUT2D eigenvalue weighted by Crippen LogP contribution is -2.36. The number of hydrogen-bond acceptors (Lipinski definition) is 2. The third kappa shape index (κ3) is 4.74. The molecular formula is C14H19ClN2O3. The van der Waals surface area contributed by atoms with Crippen LogP contribution < -0.4 is 10.6 Å². The zero-order valence-electron chi connectivity index (χ0n) is 11.8. The van der Waals surface area contributed by atoms with Crippen LogP contribution in [0.4, 0.5) is 10.5 Å². The van der Waals surface area contributed by atoms with Gasteiger partial charge < -0.3 is 15.7 Å². The third-order valence-electron chi connectivity index (χ3n) is 3.14. The Bertz CT molecular complexity index is 515. The Morgan fingerprint density at radius 3 is 2.55 bits per heavy atom. The number of carbonyl (C=O) groups is 2. The lowest BCUT2D eigenvalue weighted by atomic mass is 9.90. The standard InChI is InChI=1S/C14H19ClN2O3/c1-4-14(2,3)8-16-13(20)17-11-7-9(15)5-6-10(11)12(18)19/h5-7H,4,8H2,1-3H3,(H,18,19)(H2,16,17,20). The number of halogens is 1. The smallest absolute Gasteiger partial charge is 0.337 e. The fourth-order valence-corrected chi connectivity index (χ4v) is 1.59. The third-order valence-corrected chi connectivity index (χ3v) is 3.38. The van der Waals surface area contributed by atoms with E-state index in [0.29, 0.717) is 11.6 Å². The van der Waals surface area contributed by atoms with Crippen molar-refractivity contribution in [2.24, 2.45) is 5.41 Å². The van der Waals surface area contributed by atoms with Gasteiger partial charge in [0.2, 0.25) is 0 Å². The minimum atomic E-state index is -1.12. The molecule has 0 saturated carbocycles. The molecule has 1 rings (SSSR count). The molecule has 0 aliphatic heterocycles.